The van der Waals surface area contributed by atoms with E-state index in [1.165, 1.54) is 21.8 Å². The normalized spacial score (nSPS) is 11.4. The predicted octanol–water partition coefficient (Wildman–Crippen LogP) is 15.3. The molecule has 11 rings (SSSR count). The zero-order chi connectivity index (χ0) is 38.4. The van der Waals surface area contributed by atoms with Crippen LogP contribution in [0.5, 0.6) is 0 Å². The lowest BCUT2D eigenvalue weighted by Gasteiger charge is -2.29. The molecule has 2 heterocycles. The van der Waals surface area contributed by atoms with E-state index < -0.39 is 0 Å². The summed E-state index contributed by atoms with van der Waals surface area (Å²) in [6.45, 7) is 0. The molecule has 0 amide bonds. The van der Waals surface area contributed by atoms with Gasteiger partial charge in [-0.1, -0.05) is 115 Å². The molecule has 0 saturated heterocycles. The Labute approximate surface area is 336 Å². The van der Waals surface area contributed by atoms with Crippen LogP contribution in [0.1, 0.15) is 0 Å². The Bertz CT molecular complexity index is 3190. The monoisotopic (exact) mass is 743 g/mol. The number of hydrogen-bond acceptors (Lipinski definition) is 3. The lowest BCUT2D eigenvalue weighted by molar-refractivity contribution is 0.669. The molecule has 274 valence electrons. The molecule has 2 aromatic heterocycles. The lowest BCUT2D eigenvalue weighted by Crippen LogP contribution is -2.13. The first-order valence-electron chi connectivity index (χ1n) is 19.7. The standard InChI is InChI=1S/C54H37N3O/c1-5-16-40(17-6-1)55(41-18-7-2-8-19-41)44-24-15-25-45(36-44)56(42-20-9-3-10-21-42)46-30-33-54-50(37-46)49-34-38(29-32-53(49)58-54)39-28-31-48-47-26-13-14-27-51(47)57(52(48)35-39)43-22-11-4-12-23-43/h1-37H. The van der Waals surface area contributed by atoms with Crippen molar-refractivity contribution in [3.8, 4) is 16.8 Å². The van der Waals surface area contributed by atoms with Gasteiger partial charge in [0.2, 0.25) is 0 Å². The molecule has 0 aliphatic heterocycles. The molecule has 4 nitrogen and oxygen atoms in total. The van der Waals surface area contributed by atoms with Crippen LogP contribution in [0.2, 0.25) is 0 Å². The van der Waals surface area contributed by atoms with Crippen molar-refractivity contribution in [2.24, 2.45) is 0 Å². The van der Waals surface area contributed by atoms with Crippen LogP contribution in [0.25, 0.3) is 60.6 Å². The summed E-state index contributed by atoms with van der Waals surface area (Å²) >= 11 is 0. The summed E-state index contributed by atoms with van der Waals surface area (Å²) in [7, 11) is 0. The van der Waals surface area contributed by atoms with E-state index in [0.717, 1.165) is 72.9 Å². The van der Waals surface area contributed by atoms with Gasteiger partial charge in [-0.25, -0.2) is 0 Å². The summed E-state index contributed by atoms with van der Waals surface area (Å²) in [5, 5.41) is 4.64. The van der Waals surface area contributed by atoms with Crippen molar-refractivity contribution >= 4 is 77.9 Å². The van der Waals surface area contributed by atoms with Gasteiger partial charge in [-0.15, -0.1) is 0 Å². The highest BCUT2D eigenvalue weighted by atomic mass is 16.3. The summed E-state index contributed by atoms with van der Waals surface area (Å²) in [6.07, 6.45) is 0. The van der Waals surface area contributed by atoms with Gasteiger partial charge >= 0.3 is 0 Å². The highest BCUT2D eigenvalue weighted by molar-refractivity contribution is 6.11. The van der Waals surface area contributed by atoms with Crippen molar-refractivity contribution in [1.29, 1.82) is 0 Å². The number of nitrogens with zero attached hydrogens (tertiary/aromatic N) is 3. The van der Waals surface area contributed by atoms with Crippen molar-refractivity contribution in [2.75, 3.05) is 9.80 Å². The summed E-state index contributed by atoms with van der Waals surface area (Å²) in [6, 6.07) is 79.7. The van der Waals surface area contributed by atoms with E-state index in [1.807, 2.05) is 0 Å². The maximum Gasteiger partial charge on any atom is 0.135 e. The van der Waals surface area contributed by atoms with Crippen LogP contribution < -0.4 is 9.80 Å². The average molecular weight is 744 g/mol. The minimum absolute atomic E-state index is 0.858. The number of anilines is 6. The number of benzene rings is 9. The van der Waals surface area contributed by atoms with Crippen molar-refractivity contribution in [2.45, 2.75) is 0 Å². The van der Waals surface area contributed by atoms with Crippen molar-refractivity contribution in [3.63, 3.8) is 0 Å². The Balaban J connectivity index is 1.04. The van der Waals surface area contributed by atoms with Crippen LogP contribution in [0, 0.1) is 0 Å². The Morgan fingerprint density at radius 2 is 0.759 bits per heavy atom. The number of rotatable bonds is 8. The highest BCUT2D eigenvalue weighted by Crippen LogP contribution is 2.43. The molecule has 0 spiro atoms. The van der Waals surface area contributed by atoms with E-state index in [0.29, 0.717) is 0 Å². The van der Waals surface area contributed by atoms with Crippen LogP contribution in [-0.2, 0) is 0 Å². The minimum atomic E-state index is 0.858. The smallest absolute Gasteiger partial charge is 0.135 e. The fourth-order valence-corrected chi connectivity index (χ4v) is 8.49. The molecule has 0 aliphatic carbocycles. The number of furan rings is 1. The Morgan fingerprint density at radius 1 is 0.293 bits per heavy atom. The first-order valence-corrected chi connectivity index (χ1v) is 19.7. The minimum Gasteiger partial charge on any atom is -0.456 e. The van der Waals surface area contributed by atoms with E-state index in [1.54, 1.807) is 0 Å². The van der Waals surface area contributed by atoms with Crippen molar-refractivity contribution < 1.29 is 4.42 Å². The molecule has 9 aromatic carbocycles. The number of para-hydroxylation sites is 5. The summed E-state index contributed by atoms with van der Waals surface area (Å²) in [5.41, 5.74) is 14.0. The zero-order valence-corrected chi connectivity index (χ0v) is 31.6. The number of aromatic nitrogens is 1. The first kappa shape index (κ1) is 33.5. The van der Waals surface area contributed by atoms with Crippen LogP contribution in [0.3, 0.4) is 0 Å². The van der Waals surface area contributed by atoms with E-state index in [2.05, 4.69) is 239 Å². The number of fused-ring (bicyclic) bond motifs is 6. The van der Waals surface area contributed by atoms with Crippen LogP contribution in [0.4, 0.5) is 34.1 Å². The third kappa shape index (κ3) is 5.78. The maximum absolute atomic E-state index is 6.50. The van der Waals surface area contributed by atoms with Crippen molar-refractivity contribution in [3.05, 3.63) is 224 Å². The van der Waals surface area contributed by atoms with Gasteiger partial charge in [-0.2, -0.15) is 0 Å². The highest BCUT2D eigenvalue weighted by Gasteiger charge is 2.19. The molecule has 0 N–H and O–H groups in total. The van der Waals surface area contributed by atoms with Crippen LogP contribution in [0.15, 0.2) is 229 Å². The number of hydrogen-bond donors (Lipinski definition) is 0. The van der Waals surface area contributed by atoms with Gasteiger partial charge < -0.3 is 18.8 Å². The van der Waals surface area contributed by atoms with E-state index in [4.69, 9.17) is 4.42 Å². The molecule has 58 heavy (non-hydrogen) atoms. The van der Waals surface area contributed by atoms with Gasteiger partial charge in [0.15, 0.2) is 0 Å². The lowest BCUT2D eigenvalue weighted by atomic mass is 10.0. The van der Waals surface area contributed by atoms with Gasteiger partial charge in [0, 0.05) is 61.4 Å². The van der Waals surface area contributed by atoms with Crippen molar-refractivity contribution in [1.82, 2.24) is 4.57 Å². The zero-order valence-electron chi connectivity index (χ0n) is 31.6. The average Bonchev–Trinajstić information content (AvgIpc) is 3.83. The van der Waals surface area contributed by atoms with Gasteiger partial charge in [0.1, 0.15) is 11.2 Å². The Kier molecular flexibility index (Phi) is 8.11. The van der Waals surface area contributed by atoms with Gasteiger partial charge in [-0.3, -0.25) is 0 Å². The molecule has 0 fully saturated rings. The first-order chi connectivity index (χ1) is 28.8. The molecule has 0 saturated carbocycles. The molecule has 0 unspecified atom stereocenters. The summed E-state index contributed by atoms with van der Waals surface area (Å²) in [4.78, 5) is 4.63. The van der Waals surface area contributed by atoms with Crippen LogP contribution in [-0.4, -0.2) is 4.57 Å². The molecule has 0 atom stereocenters. The Morgan fingerprint density at radius 3 is 1.41 bits per heavy atom. The van der Waals surface area contributed by atoms with Gasteiger partial charge in [0.25, 0.3) is 0 Å². The maximum atomic E-state index is 6.50. The summed E-state index contributed by atoms with van der Waals surface area (Å²) in [5.74, 6) is 0. The quantitative estimate of drug-likeness (QED) is 0.155. The largest absolute Gasteiger partial charge is 0.456 e. The molecular formula is C54H37N3O. The second kappa shape index (κ2) is 14.0. The van der Waals surface area contributed by atoms with Gasteiger partial charge in [-0.05, 0) is 120 Å². The topological polar surface area (TPSA) is 24.6 Å². The van der Waals surface area contributed by atoms with Crippen LogP contribution >= 0.6 is 0 Å². The Hall–Kier alpha value is -7.82. The molecule has 11 aromatic rings. The SMILES string of the molecule is c1ccc(N(c2ccccc2)c2cccc(N(c3ccccc3)c3ccc4oc5ccc(-c6ccc7c8ccccc8n(-c8ccccc8)c7c6)cc5c4c3)c2)cc1. The van der Waals surface area contributed by atoms with Gasteiger partial charge in [0.05, 0.1) is 11.0 Å². The van der Waals surface area contributed by atoms with E-state index in [9.17, 15) is 0 Å². The molecule has 0 radical (unpaired) electrons. The fourth-order valence-electron chi connectivity index (χ4n) is 8.49. The molecule has 0 bridgehead atoms. The third-order valence-electron chi connectivity index (χ3n) is 11.1. The van der Waals surface area contributed by atoms with E-state index in [-0.39, 0.29) is 0 Å². The molecular weight excluding hydrogens is 707 g/mol. The third-order valence-corrected chi connectivity index (χ3v) is 11.1. The fraction of sp³-hybridized carbons (Fsp3) is 0. The predicted molar refractivity (Wildman–Crippen MR) is 243 cm³/mol. The van der Waals surface area contributed by atoms with E-state index >= 15 is 0 Å². The second-order valence-electron chi connectivity index (χ2n) is 14.6. The second-order valence-corrected chi connectivity index (χ2v) is 14.6. The summed E-state index contributed by atoms with van der Waals surface area (Å²) < 4.78 is 8.87. The molecule has 0 aliphatic rings. The molecule has 4 heteroatoms.